The highest BCUT2D eigenvalue weighted by molar-refractivity contribution is 5.27. The normalized spacial score (nSPS) is 13.4. The van der Waals surface area contributed by atoms with Crippen molar-refractivity contribution in [2.24, 2.45) is 0 Å². The highest BCUT2D eigenvalue weighted by Crippen LogP contribution is 2.11. The summed E-state index contributed by atoms with van der Waals surface area (Å²) in [6.07, 6.45) is 0. The van der Waals surface area contributed by atoms with Crippen molar-refractivity contribution in [2.45, 2.75) is 45.8 Å². The highest BCUT2D eigenvalue weighted by atomic mass is 16.5. The second-order valence-corrected chi connectivity index (χ2v) is 5.76. The molecule has 0 aliphatic heterocycles. The zero-order valence-electron chi connectivity index (χ0n) is 12.2. The van der Waals surface area contributed by atoms with Crippen LogP contribution in [0, 0.1) is 0 Å². The Kier molecular flexibility index (Phi) is 5.63. The Morgan fingerprint density at radius 3 is 2.28 bits per heavy atom. The summed E-state index contributed by atoms with van der Waals surface area (Å²) < 4.78 is 5.14. The first-order valence-electron chi connectivity index (χ1n) is 6.52. The topological polar surface area (TPSA) is 33.3 Å². The largest absolute Gasteiger partial charge is 0.497 e. The Labute approximate surface area is 111 Å². The van der Waals surface area contributed by atoms with E-state index in [2.05, 4.69) is 50.5 Å². The molecule has 0 aromatic heterocycles. The molecule has 0 spiro atoms. The van der Waals surface area contributed by atoms with Gasteiger partial charge >= 0.3 is 0 Å². The van der Waals surface area contributed by atoms with E-state index in [9.17, 15) is 0 Å². The van der Waals surface area contributed by atoms with Crippen LogP contribution in [0.3, 0.4) is 0 Å². The maximum Gasteiger partial charge on any atom is 0.118 e. The average Bonchev–Trinajstić information content (AvgIpc) is 2.33. The maximum absolute atomic E-state index is 5.14. The SMILES string of the molecule is COc1ccc(CNC(C)CNC(C)(C)C)cc1. The zero-order valence-corrected chi connectivity index (χ0v) is 12.2. The lowest BCUT2D eigenvalue weighted by Crippen LogP contribution is -2.44. The first kappa shape index (κ1) is 15.0. The van der Waals surface area contributed by atoms with Crippen LogP contribution < -0.4 is 15.4 Å². The molecule has 0 saturated heterocycles. The minimum Gasteiger partial charge on any atom is -0.497 e. The summed E-state index contributed by atoms with van der Waals surface area (Å²) in [5.74, 6) is 0.904. The molecule has 1 aromatic rings. The van der Waals surface area contributed by atoms with Crippen LogP contribution in [0.2, 0.25) is 0 Å². The smallest absolute Gasteiger partial charge is 0.118 e. The molecule has 2 N–H and O–H groups in total. The van der Waals surface area contributed by atoms with Crippen LogP contribution >= 0.6 is 0 Å². The van der Waals surface area contributed by atoms with E-state index < -0.39 is 0 Å². The van der Waals surface area contributed by atoms with E-state index in [0.717, 1.165) is 18.8 Å². The van der Waals surface area contributed by atoms with Gasteiger partial charge in [0, 0.05) is 24.7 Å². The van der Waals surface area contributed by atoms with Gasteiger partial charge in [0.1, 0.15) is 5.75 Å². The molecule has 3 nitrogen and oxygen atoms in total. The first-order chi connectivity index (χ1) is 8.40. The van der Waals surface area contributed by atoms with Crippen molar-refractivity contribution in [1.82, 2.24) is 10.6 Å². The van der Waals surface area contributed by atoms with Gasteiger partial charge in [0.2, 0.25) is 0 Å². The molecule has 18 heavy (non-hydrogen) atoms. The minimum absolute atomic E-state index is 0.177. The Balaban J connectivity index is 2.31. The fraction of sp³-hybridized carbons (Fsp3) is 0.600. The Hall–Kier alpha value is -1.06. The van der Waals surface area contributed by atoms with E-state index in [1.54, 1.807) is 7.11 Å². The van der Waals surface area contributed by atoms with Gasteiger partial charge in [-0.1, -0.05) is 12.1 Å². The van der Waals surface area contributed by atoms with Crippen LogP contribution in [0.5, 0.6) is 5.75 Å². The van der Waals surface area contributed by atoms with Crippen molar-refractivity contribution < 1.29 is 4.74 Å². The molecule has 0 amide bonds. The summed E-state index contributed by atoms with van der Waals surface area (Å²) in [5, 5.41) is 7.00. The molecule has 0 heterocycles. The number of hydrogen-bond donors (Lipinski definition) is 2. The Morgan fingerprint density at radius 2 is 1.78 bits per heavy atom. The lowest BCUT2D eigenvalue weighted by atomic mass is 10.1. The first-order valence-corrected chi connectivity index (χ1v) is 6.52. The average molecular weight is 250 g/mol. The molecule has 1 unspecified atom stereocenters. The molecule has 1 aromatic carbocycles. The highest BCUT2D eigenvalue weighted by Gasteiger charge is 2.10. The van der Waals surface area contributed by atoms with Crippen LogP contribution in [0.15, 0.2) is 24.3 Å². The molecule has 1 rings (SSSR count). The Bertz CT molecular complexity index is 341. The number of benzene rings is 1. The summed E-state index contributed by atoms with van der Waals surface area (Å²) in [4.78, 5) is 0. The van der Waals surface area contributed by atoms with Crippen LogP contribution in [-0.2, 0) is 6.54 Å². The van der Waals surface area contributed by atoms with Gasteiger partial charge in [0.05, 0.1) is 7.11 Å². The van der Waals surface area contributed by atoms with Crippen molar-refractivity contribution in [3.8, 4) is 5.75 Å². The van der Waals surface area contributed by atoms with E-state index >= 15 is 0 Å². The van der Waals surface area contributed by atoms with Crippen molar-refractivity contribution in [3.63, 3.8) is 0 Å². The summed E-state index contributed by atoms with van der Waals surface area (Å²) in [6, 6.07) is 8.63. The molecule has 0 aliphatic rings. The molecule has 0 fully saturated rings. The molecule has 0 aliphatic carbocycles. The molecule has 0 bridgehead atoms. The second-order valence-electron chi connectivity index (χ2n) is 5.76. The monoisotopic (exact) mass is 250 g/mol. The van der Waals surface area contributed by atoms with Crippen LogP contribution in [0.1, 0.15) is 33.3 Å². The number of nitrogens with one attached hydrogen (secondary N) is 2. The molecule has 102 valence electrons. The number of methoxy groups -OCH3 is 1. The van der Waals surface area contributed by atoms with Crippen LogP contribution in [-0.4, -0.2) is 25.2 Å². The molecule has 1 atom stereocenters. The van der Waals surface area contributed by atoms with Gasteiger partial charge < -0.3 is 15.4 Å². The quantitative estimate of drug-likeness (QED) is 0.814. The predicted octanol–water partition coefficient (Wildman–Crippen LogP) is 2.56. The third kappa shape index (κ3) is 6.03. The lowest BCUT2D eigenvalue weighted by molar-refractivity contribution is 0.387. The molecular weight excluding hydrogens is 224 g/mol. The Morgan fingerprint density at radius 1 is 1.17 bits per heavy atom. The number of hydrogen-bond acceptors (Lipinski definition) is 3. The summed E-state index contributed by atoms with van der Waals surface area (Å²) >= 11 is 0. The van der Waals surface area contributed by atoms with Crippen molar-refractivity contribution in [2.75, 3.05) is 13.7 Å². The summed E-state index contributed by atoms with van der Waals surface area (Å²) in [5.41, 5.74) is 1.45. The van der Waals surface area contributed by atoms with Gasteiger partial charge in [-0.2, -0.15) is 0 Å². The van der Waals surface area contributed by atoms with Gasteiger partial charge in [0.15, 0.2) is 0 Å². The van der Waals surface area contributed by atoms with Crippen LogP contribution in [0.4, 0.5) is 0 Å². The van der Waals surface area contributed by atoms with Gasteiger partial charge in [0.25, 0.3) is 0 Å². The van der Waals surface area contributed by atoms with E-state index in [-0.39, 0.29) is 5.54 Å². The van der Waals surface area contributed by atoms with Gasteiger partial charge in [-0.25, -0.2) is 0 Å². The van der Waals surface area contributed by atoms with E-state index in [1.807, 2.05) is 12.1 Å². The van der Waals surface area contributed by atoms with Gasteiger partial charge in [-0.05, 0) is 45.4 Å². The van der Waals surface area contributed by atoms with Crippen LogP contribution in [0.25, 0.3) is 0 Å². The fourth-order valence-corrected chi connectivity index (χ4v) is 1.57. The van der Waals surface area contributed by atoms with Crippen molar-refractivity contribution >= 4 is 0 Å². The van der Waals surface area contributed by atoms with Gasteiger partial charge in [-0.15, -0.1) is 0 Å². The van der Waals surface area contributed by atoms with E-state index in [4.69, 9.17) is 4.74 Å². The van der Waals surface area contributed by atoms with E-state index in [1.165, 1.54) is 5.56 Å². The lowest BCUT2D eigenvalue weighted by Gasteiger charge is -2.24. The summed E-state index contributed by atoms with van der Waals surface area (Å²) in [7, 11) is 1.69. The molecule has 0 saturated carbocycles. The van der Waals surface area contributed by atoms with Crippen molar-refractivity contribution in [1.29, 1.82) is 0 Å². The second kappa shape index (κ2) is 6.76. The molecular formula is C15H26N2O. The third-order valence-corrected chi connectivity index (χ3v) is 2.75. The standard InChI is InChI=1S/C15H26N2O/c1-12(10-17-15(2,3)4)16-11-13-6-8-14(18-5)9-7-13/h6-9,12,16-17H,10-11H2,1-5H3. The number of ether oxygens (including phenoxy) is 1. The predicted molar refractivity (Wildman–Crippen MR) is 77.1 cm³/mol. The maximum atomic E-state index is 5.14. The van der Waals surface area contributed by atoms with E-state index in [0.29, 0.717) is 6.04 Å². The molecule has 0 radical (unpaired) electrons. The molecule has 3 heteroatoms. The summed E-state index contributed by atoms with van der Waals surface area (Å²) in [6.45, 7) is 10.6. The number of rotatable bonds is 6. The van der Waals surface area contributed by atoms with Gasteiger partial charge in [-0.3, -0.25) is 0 Å². The third-order valence-electron chi connectivity index (χ3n) is 2.75. The minimum atomic E-state index is 0.177. The van der Waals surface area contributed by atoms with Crippen molar-refractivity contribution in [3.05, 3.63) is 29.8 Å². The fourth-order valence-electron chi connectivity index (χ4n) is 1.57. The zero-order chi connectivity index (χ0) is 13.6.